The topological polar surface area (TPSA) is 29.5 Å². The van der Waals surface area contributed by atoms with Crippen molar-refractivity contribution < 1.29 is 26.9 Å². The van der Waals surface area contributed by atoms with Crippen molar-refractivity contribution in [2.75, 3.05) is 7.11 Å². The van der Waals surface area contributed by atoms with Crippen molar-refractivity contribution in [1.82, 2.24) is 0 Å². The second kappa shape index (κ2) is 12.9. The molecule has 2 fully saturated rings. The van der Waals surface area contributed by atoms with E-state index >= 15 is 0 Å². The van der Waals surface area contributed by atoms with Crippen molar-refractivity contribution in [3.63, 3.8) is 0 Å². The van der Waals surface area contributed by atoms with E-state index in [-0.39, 0.29) is 22.8 Å². The first-order valence-corrected chi connectivity index (χ1v) is 9.78. The number of aromatic hydroxyl groups is 1. The Hall–Kier alpha value is -1.70. The molecule has 0 spiro atoms. The van der Waals surface area contributed by atoms with Crippen LogP contribution in [-0.2, 0) is 17.1 Å². The van der Waals surface area contributed by atoms with Gasteiger partial charge in [-0.05, 0) is 105 Å². The van der Waals surface area contributed by atoms with Gasteiger partial charge in [-0.3, -0.25) is 0 Å². The van der Waals surface area contributed by atoms with Crippen LogP contribution in [0.3, 0.4) is 0 Å². The number of phenols is 1. The minimum atomic E-state index is 0. The maximum atomic E-state index is 9.62. The van der Waals surface area contributed by atoms with E-state index in [2.05, 4.69) is 44.7 Å². The van der Waals surface area contributed by atoms with E-state index < -0.39 is 0 Å². The van der Waals surface area contributed by atoms with Crippen LogP contribution < -0.4 is 4.74 Å². The molecule has 2 aliphatic carbocycles. The third-order valence-electron chi connectivity index (χ3n) is 4.76. The molecule has 0 unspecified atom stereocenters. The minimum absolute atomic E-state index is 0. The average Bonchev–Trinajstić information content (AvgIpc) is 3.50. The maximum absolute atomic E-state index is 9.62. The van der Waals surface area contributed by atoms with Gasteiger partial charge in [-0.1, -0.05) is 36.8 Å². The van der Waals surface area contributed by atoms with E-state index in [1.807, 2.05) is 56.4 Å². The van der Waals surface area contributed by atoms with E-state index in [1.54, 1.807) is 19.2 Å². The summed E-state index contributed by atoms with van der Waals surface area (Å²) >= 11 is 0. The predicted molar refractivity (Wildman–Crippen MR) is 119 cm³/mol. The zero-order chi connectivity index (χ0) is 20.5. The molecule has 0 amide bonds. The van der Waals surface area contributed by atoms with Crippen LogP contribution in [0, 0.1) is 63.7 Å². The van der Waals surface area contributed by atoms with Gasteiger partial charge >= 0.3 is 17.1 Å². The smallest absolute Gasteiger partial charge is 0.508 e. The summed E-state index contributed by atoms with van der Waals surface area (Å²) in [7, 11) is 1.67. The Bertz CT molecular complexity index is 760. The Morgan fingerprint density at radius 2 is 1.20 bits per heavy atom. The summed E-state index contributed by atoms with van der Waals surface area (Å²) in [4.78, 5) is 0. The van der Waals surface area contributed by atoms with E-state index in [4.69, 9.17) is 4.74 Å². The molecule has 0 aromatic heterocycles. The second-order valence-electron chi connectivity index (χ2n) is 6.62. The summed E-state index contributed by atoms with van der Waals surface area (Å²) < 4.78 is 5.28. The van der Waals surface area contributed by atoms with Gasteiger partial charge in [0, 0.05) is 5.92 Å². The van der Waals surface area contributed by atoms with Gasteiger partial charge in [-0.25, -0.2) is 0 Å². The zero-order valence-corrected chi connectivity index (χ0v) is 18.3. The van der Waals surface area contributed by atoms with Crippen LogP contribution in [0.2, 0.25) is 0 Å². The quantitative estimate of drug-likeness (QED) is 0.577. The molecule has 0 bridgehead atoms. The zero-order valence-electron chi connectivity index (χ0n) is 17.2. The SMILES string of the molecule is CC/C([C]1[CH][CH][CH][CH]1)=C(/c1ccc(O)cc1)c1ccc(OC)cc1.[CH]1[CH][CH][CH][CH]1.[Fe+2]. The maximum Gasteiger partial charge on any atom is 2.00 e. The van der Waals surface area contributed by atoms with Crippen molar-refractivity contribution >= 4 is 5.57 Å². The Balaban J connectivity index is 0.000000468. The van der Waals surface area contributed by atoms with Crippen molar-refractivity contribution in [3.8, 4) is 11.5 Å². The number of hydrogen-bond acceptors (Lipinski definition) is 2. The fourth-order valence-electron chi connectivity index (χ4n) is 3.32. The molecule has 10 radical (unpaired) electrons. The van der Waals surface area contributed by atoms with Crippen LogP contribution in [0.4, 0.5) is 0 Å². The first-order chi connectivity index (χ1) is 14.2. The van der Waals surface area contributed by atoms with Gasteiger partial charge in [0.25, 0.3) is 0 Å². The predicted octanol–water partition coefficient (Wildman–Crippen LogP) is 6.04. The Morgan fingerprint density at radius 1 is 0.733 bits per heavy atom. The summed E-state index contributed by atoms with van der Waals surface area (Å²) in [6.45, 7) is 2.17. The van der Waals surface area contributed by atoms with Crippen LogP contribution in [0.5, 0.6) is 11.5 Å². The average molecular weight is 438 g/mol. The first-order valence-electron chi connectivity index (χ1n) is 9.78. The third kappa shape index (κ3) is 6.65. The van der Waals surface area contributed by atoms with E-state index in [0.29, 0.717) is 0 Å². The van der Waals surface area contributed by atoms with Gasteiger partial charge in [0.15, 0.2) is 0 Å². The van der Waals surface area contributed by atoms with Gasteiger partial charge in [-0.15, -0.1) is 0 Å². The van der Waals surface area contributed by atoms with Crippen molar-refractivity contribution in [1.29, 1.82) is 0 Å². The molecular weight excluding hydrogens is 412 g/mol. The third-order valence-corrected chi connectivity index (χ3v) is 4.76. The second-order valence-corrected chi connectivity index (χ2v) is 6.62. The molecule has 30 heavy (non-hydrogen) atoms. The number of phenolic OH excluding ortho intramolecular Hbond substituents is 1. The van der Waals surface area contributed by atoms with E-state index in [9.17, 15) is 5.11 Å². The summed E-state index contributed by atoms with van der Waals surface area (Å²) in [5, 5.41) is 9.62. The van der Waals surface area contributed by atoms with Crippen molar-refractivity contribution in [2.24, 2.45) is 0 Å². The van der Waals surface area contributed by atoms with Crippen LogP contribution in [-0.4, -0.2) is 12.2 Å². The number of ether oxygens (including phenoxy) is 1. The van der Waals surface area contributed by atoms with Crippen LogP contribution in [0.15, 0.2) is 54.1 Å². The molecule has 1 N–H and O–H groups in total. The molecule has 2 nitrogen and oxygen atoms in total. The molecule has 4 rings (SSSR count). The van der Waals surface area contributed by atoms with Crippen LogP contribution >= 0.6 is 0 Å². The van der Waals surface area contributed by atoms with Crippen LogP contribution in [0.1, 0.15) is 24.5 Å². The van der Waals surface area contributed by atoms with Crippen molar-refractivity contribution in [2.45, 2.75) is 13.3 Å². The summed E-state index contributed by atoms with van der Waals surface area (Å²) in [5.41, 5.74) is 4.71. The molecule has 3 heteroatoms. The summed E-state index contributed by atoms with van der Waals surface area (Å²) in [6.07, 6.45) is 19.3. The molecular formula is C27H26FeO2+2. The Kier molecular flexibility index (Phi) is 10.5. The molecule has 2 aliphatic rings. The molecule has 0 aliphatic heterocycles. The fraction of sp³-hybridized carbons (Fsp3) is 0.111. The molecule has 0 saturated heterocycles. The molecule has 2 aromatic rings. The van der Waals surface area contributed by atoms with Gasteiger partial charge in [-0.2, -0.15) is 0 Å². The largest absolute Gasteiger partial charge is 2.00 e. The summed E-state index contributed by atoms with van der Waals surface area (Å²) in [6, 6.07) is 15.5. The number of allylic oxidation sites excluding steroid dienone is 1. The molecule has 152 valence electrons. The van der Waals surface area contributed by atoms with E-state index in [0.717, 1.165) is 23.3 Å². The standard InChI is InChI=1S/C22H21O2.C5H5.Fe/c1-3-21(16-6-4-5-7-16)22(17-8-12-19(23)13-9-17)18-10-14-20(24-2)15-11-18;1-2-4-5-3-1;/h4-15,23H,3H2,1-2H3;1-5H;/q;;+2/b22-21+;;. The summed E-state index contributed by atoms with van der Waals surface area (Å²) in [5.74, 6) is 2.35. The van der Waals surface area contributed by atoms with Crippen molar-refractivity contribution in [3.05, 3.63) is 129 Å². The number of benzene rings is 2. The van der Waals surface area contributed by atoms with Gasteiger partial charge in [0.05, 0.1) is 7.11 Å². The molecule has 2 saturated carbocycles. The number of hydrogen-bond donors (Lipinski definition) is 1. The minimum Gasteiger partial charge on any atom is -0.508 e. The number of rotatable bonds is 5. The van der Waals surface area contributed by atoms with Crippen LogP contribution in [0.25, 0.3) is 5.57 Å². The molecule has 0 atom stereocenters. The van der Waals surface area contributed by atoms with E-state index in [1.165, 1.54) is 17.1 Å². The monoisotopic (exact) mass is 438 g/mol. The molecule has 0 heterocycles. The Labute approximate surface area is 193 Å². The first kappa shape index (κ1) is 24.6. The number of methoxy groups -OCH3 is 1. The van der Waals surface area contributed by atoms with Gasteiger partial charge in [0.1, 0.15) is 11.5 Å². The van der Waals surface area contributed by atoms with Gasteiger partial charge in [0.2, 0.25) is 0 Å². The Morgan fingerprint density at radius 3 is 1.63 bits per heavy atom. The fourth-order valence-corrected chi connectivity index (χ4v) is 3.32. The molecule has 2 aromatic carbocycles. The normalized spacial score (nSPS) is 16.9. The van der Waals surface area contributed by atoms with Gasteiger partial charge < -0.3 is 9.84 Å².